The summed E-state index contributed by atoms with van der Waals surface area (Å²) in [5.74, 6) is -10.9. The summed E-state index contributed by atoms with van der Waals surface area (Å²) >= 11 is 0. The number of hydrogen-bond acceptors (Lipinski definition) is 6. The summed E-state index contributed by atoms with van der Waals surface area (Å²) in [7, 11) is 1.37. The van der Waals surface area contributed by atoms with Crippen LogP contribution in [0.3, 0.4) is 0 Å². The van der Waals surface area contributed by atoms with Crippen molar-refractivity contribution >= 4 is 35.3 Å². The molecule has 4 N–H and O–H groups in total. The number of carbonyl (C=O) groups excluding carboxylic acids is 6. The van der Waals surface area contributed by atoms with Gasteiger partial charge in [0.2, 0.25) is 29.4 Å². The molecule has 2 atom stereocenters. The molecular weight excluding hydrogens is 504 g/mol. The Kier molecular flexibility index (Phi) is 10.8. The van der Waals surface area contributed by atoms with Gasteiger partial charge < -0.3 is 26.2 Å². The van der Waals surface area contributed by atoms with E-state index in [1.54, 1.807) is 44.2 Å². The first kappa shape index (κ1) is 30.3. The number of hydrogen-bond donors (Lipinski definition) is 4. The van der Waals surface area contributed by atoms with Gasteiger partial charge in [-0.15, -0.1) is 0 Å². The van der Waals surface area contributed by atoms with Gasteiger partial charge in [0.25, 0.3) is 5.91 Å². The first-order valence-corrected chi connectivity index (χ1v) is 12.2. The summed E-state index contributed by atoms with van der Waals surface area (Å²) < 4.78 is 28.7. The molecule has 1 aliphatic heterocycles. The van der Waals surface area contributed by atoms with Crippen molar-refractivity contribution in [3.63, 3.8) is 0 Å². The molecule has 1 aliphatic rings. The summed E-state index contributed by atoms with van der Waals surface area (Å²) in [6.45, 7) is 2.22. The lowest BCUT2D eigenvalue weighted by Gasteiger charge is -2.30. The molecule has 208 valence electrons. The summed E-state index contributed by atoms with van der Waals surface area (Å²) in [6.07, 6.45) is 0.176. The van der Waals surface area contributed by atoms with Crippen LogP contribution in [0.15, 0.2) is 30.3 Å². The highest BCUT2D eigenvalue weighted by Gasteiger charge is 2.47. The van der Waals surface area contributed by atoms with Crippen LogP contribution in [-0.4, -0.2) is 78.4 Å². The van der Waals surface area contributed by atoms with Crippen LogP contribution in [0.25, 0.3) is 0 Å². The van der Waals surface area contributed by atoms with E-state index >= 15 is 0 Å². The van der Waals surface area contributed by atoms with Gasteiger partial charge in [0.15, 0.2) is 0 Å². The molecule has 2 rings (SSSR count). The van der Waals surface area contributed by atoms with Gasteiger partial charge in [-0.05, 0) is 24.3 Å². The van der Waals surface area contributed by atoms with Crippen molar-refractivity contribution in [1.82, 2.24) is 26.2 Å². The van der Waals surface area contributed by atoms with Crippen molar-refractivity contribution in [3.8, 4) is 0 Å². The minimum absolute atomic E-state index is 0.178. The lowest BCUT2D eigenvalue weighted by Crippen LogP contribution is -2.56. The fraction of sp³-hybridized carbons (Fsp3) is 0.520. The second-order valence-electron chi connectivity index (χ2n) is 9.21. The normalized spacial score (nSPS) is 15.9. The fourth-order valence-corrected chi connectivity index (χ4v) is 3.87. The van der Waals surface area contributed by atoms with Crippen LogP contribution in [0, 0.1) is 5.92 Å². The monoisotopic (exact) mass is 537 g/mol. The second kappa shape index (κ2) is 13.6. The van der Waals surface area contributed by atoms with Gasteiger partial charge >= 0.3 is 5.92 Å². The number of rotatable bonds is 12. The Morgan fingerprint density at radius 2 is 1.68 bits per heavy atom. The van der Waals surface area contributed by atoms with E-state index in [9.17, 15) is 37.5 Å². The van der Waals surface area contributed by atoms with Crippen molar-refractivity contribution in [1.29, 1.82) is 0 Å². The molecule has 1 saturated heterocycles. The lowest BCUT2D eigenvalue weighted by atomic mass is 10.0. The molecule has 1 fully saturated rings. The highest BCUT2D eigenvalue weighted by molar-refractivity contribution is 6.09. The van der Waals surface area contributed by atoms with E-state index in [2.05, 4.69) is 16.0 Å². The van der Waals surface area contributed by atoms with Crippen LogP contribution in [0.5, 0.6) is 0 Å². The Hall–Kier alpha value is -3.90. The van der Waals surface area contributed by atoms with Crippen LogP contribution >= 0.6 is 0 Å². The Balaban J connectivity index is 1.96. The maximum Gasteiger partial charge on any atom is 0.383 e. The zero-order chi connectivity index (χ0) is 28.5. The molecule has 0 aliphatic carbocycles. The lowest BCUT2D eigenvalue weighted by molar-refractivity contribution is -0.158. The maximum atomic E-state index is 14.3. The molecule has 11 nitrogen and oxygen atoms in total. The topological polar surface area (TPSA) is 154 Å². The van der Waals surface area contributed by atoms with Crippen LogP contribution in [-0.2, 0) is 35.3 Å². The number of nitrogens with one attached hydrogen (secondary N) is 4. The molecule has 38 heavy (non-hydrogen) atoms. The molecule has 0 bridgehead atoms. The highest BCUT2D eigenvalue weighted by Crippen LogP contribution is 2.21. The van der Waals surface area contributed by atoms with E-state index in [1.165, 1.54) is 11.9 Å². The van der Waals surface area contributed by atoms with Crippen molar-refractivity contribution in [2.45, 2.75) is 57.7 Å². The highest BCUT2D eigenvalue weighted by atomic mass is 19.3. The third kappa shape index (κ3) is 8.05. The van der Waals surface area contributed by atoms with Gasteiger partial charge in [0.1, 0.15) is 18.5 Å². The van der Waals surface area contributed by atoms with Gasteiger partial charge in [-0.25, -0.2) is 0 Å². The van der Waals surface area contributed by atoms with Crippen molar-refractivity contribution in [2.24, 2.45) is 5.92 Å². The number of ketones is 1. The zero-order valence-electron chi connectivity index (χ0n) is 21.5. The quantitative estimate of drug-likeness (QED) is 0.273. The minimum atomic E-state index is -4.37. The van der Waals surface area contributed by atoms with Gasteiger partial charge in [-0.2, -0.15) is 8.78 Å². The molecule has 0 radical (unpaired) electrons. The Morgan fingerprint density at radius 1 is 1.03 bits per heavy atom. The number of nitrogens with zero attached hydrogens (tertiary/aromatic N) is 1. The van der Waals surface area contributed by atoms with E-state index in [1.807, 2.05) is 5.32 Å². The average molecular weight is 538 g/mol. The molecule has 1 heterocycles. The SMILES string of the molecule is CNC(=O)CC(=O)N[C@H](C(=O)N1CCCC1C(=O)NCC(=O)C(F)(F)C(=O)NCc1ccccc1)C(C)C. The predicted octanol–water partition coefficient (Wildman–Crippen LogP) is -0.109. The van der Waals surface area contributed by atoms with Crippen LogP contribution < -0.4 is 21.3 Å². The van der Waals surface area contributed by atoms with Gasteiger partial charge in [0, 0.05) is 20.1 Å². The van der Waals surface area contributed by atoms with Crippen molar-refractivity contribution in [3.05, 3.63) is 35.9 Å². The number of halogens is 2. The number of Topliss-reactive ketones (excluding diaryl/α,β-unsaturated/α-hetero) is 1. The molecule has 0 aromatic heterocycles. The van der Waals surface area contributed by atoms with Crippen LogP contribution in [0.4, 0.5) is 8.78 Å². The van der Waals surface area contributed by atoms with Gasteiger partial charge in [-0.3, -0.25) is 28.8 Å². The minimum Gasteiger partial charge on any atom is -0.359 e. The molecule has 13 heteroatoms. The summed E-state index contributed by atoms with van der Waals surface area (Å²) in [4.78, 5) is 74.7. The number of amides is 5. The molecular formula is C25H33F2N5O6. The fourth-order valence-electron chi connectivity index (χ4n) is 3.87. The van der Waals surface area contributed by atoms with Gasteiger partial charge in [-0.1, -0.05) is 44.2 Å². The third-order valence-electron chi connectivity index (χ3n) is 6.04. The Morgan fingerprint density at radius 3 is 2.29 bits per heavy atom. The number of likely N-dealkylation sites (tertiary alicyclic amines) is 1. The van der Waals surface area contributed by atoms with Crippen molar-refractivity contribution in [2.75, 3.05) is 20.1 Å². The predicted molar refractivity (Wildman–Crippen MR) is 131 cm³/mol. The Labute approximate surface area is 219 Å². The summed E-state index contributed by atoms with van der Waals surface area (Å²) in [5.41, 5.74) is 0.563. The van der Waals surface area contributed by atoms with E-state index in [0.29, 0.717) is 12.0 Å². The van der Waals surface area contributed by atoms with E-state index in [0.717, 1.165) is 0 Å². The third-order valence-corrected chi connectivity index (χ3v) is 6.04. The van der Waals surface area contributed by atoms with Gasteiger partial charge in [0.05, 0.1) is 6.54 Å². The largest absolute Gasteiger partial charge is 0.383 e. The van der Waals surface area contributed by atoms with Crippen LogP contribution in [0.1, 0.15) is 38.7 Å². The molecule has 1 aromatic rings. The zero-order valence-corrected chi connectivity index (χ0v) is 21.5. The van der Waals surface area contributed by atoms with Crippen molar-refractivity contribution < 1.29 is 37.5 Å². The number of benzene rings is 1. The average Bonchev–Trinajstić information content (AvgIpc) is 3.38. The second-order valence-corrected chi connectivity index (χ2v) is 9.21. The maximum absolute atomic E-state index is 14.3. The first-order valence-electron chi connectivity index (χ1n) is 12.2. The summed E-state index contributed by atoms with van der Waals surface area (Å²) in [6, 6.07) is 6.21. The number of carbonyl (C=O) groups is 6. The Bertz CT molecular complexity index is 1050. The molecule has 0 spiro atoms. The molecule has 1 unspecified atom stereocenters. The molecule has 1 aromatic carbocycles. The van der Waals surface area contributed by atoms with E-state index in [4.69, 9.17) is 0 Å². The number of alkyl halides is 2. The van der Waals surface area contributed by atoms with E-state index < -0.39 is 66.3 Å². The standard InChI is InChI=1S/C25H33F2N5O6/c1-15(2)21(31-20(35)12-19(34)28-3)23(37)32-11-7-10-17(32)22(36)29-14-18(33)25(26,27)24(38)30-13-16-8-5-4-6-9-16/h4-6,8-9,15,17,21H,7,10-14H2,1-3H3,(H,28,34)(H,29,36)(H,30,38)(H,31,35)/t17?,21-/m0/s1. The molecule has 5 amide bonds. The van der Waals surface area contributed by atoms with Crippen LogP contribution in [0.2, 0.25) is 0 Å². The smallest absolute Gasteiger partial charge is 0.359 e. The summed E-state index contributed by atoms with van der Waals surface area (Å²) in [5, 5.41) is 8.92. The van der Waals surface area contributed by atoms with E-state index in [-0.39, 0.29) is 25.4 Å². The molecule has 0 saturated carbocycles. The first-order chi connectivity index (χ1) is 17.9.